The zero-order valence-corrected chi connectivity index (χ0v) is 41.8. The van der Waals surface area contributed by atoms with Gasteiger partial charge in [-0.05, 0) is 96.2 Å². The molecule has 0 fully saturated rings. The number of aliphatic hydroxyl groups excluding tert-OH is 1. The van der Waals surface area contributed by atoms with Crippen molar-refractivity contribution in [3.63, 3.8) is 0 Å². The van der Waals surface area contributed by atoms with Crippen LogP contribution in [0.4, 0.5) is 0 Å². The van der Waals surface area contributed by atoms with Crippen molar-refractivity contribution >= 4 is 17.8 Å². The summed E-state index contributed by atoms with van der Waals surface area (Å²) in [6, 6.07) is 1.82. The maximum atomic E-state index is 12.9. The van der Waals surface area contributed by atoms with Gasteiger partial charge < -0.3 is 29.4 Å². The lowest BCUT2D eigenvalue weighted by Gasteiger charge is -2.25. The summed E-state index contributed by atoms with van der Waals surface area (Å²) in [5, 5.41) is 14.0. The van der Waals surface area contributed by atoms with Crippen molar-refractivity contribution in [1.82, 2.24) is 14.8 Å². The van der Waals surface area contributed by atoms with E-state index in [1.54, 1.807) is 0 Å². The fourth-order valence-electron chi connectivity index (χ4n) is 8.53. The molecule has 0 saturated heterocycles. The van der Waals surface area contributed by atoms with Gasteiger partial charge in [0.2, 0.25) is 0 Å². The van der Waals surface area contributed by atoms with Crippen LogP contribution in [0, 0.1) is 0 Å². The summed E-state index contributed by atoms with van der Waals surface area (Å²) in [6.45, 7) is 10.4. The summed E-state index contributed by atoms with van der Waals surface area (Å²) in [6.07, 6.45) is 43.2. The van der Waals surface area contributed by atoms with Gasteiger partial charge in [-0.3, -0.25) is 14.4 Å². The number of nitrogens with zero attached hydrogens (tertiary/aromatic N) is 2. The topological polar surface area (TPSA) is 110 Å². The van der Waals surface area contributed by atoms with Gasteiger partial charge in [-0.15, -0.1) is 0 Å². The van der Waals surface area contributed by atoms with Gasteiger partial charge in [0.05, 0.1) is 18.3 Å². The van der Waals surface area contributed by atoms with Crippen LogP contribution in [0.25, 0.3) is 0 Å². The molecule has 63 heavy (non-hydrogen) atoms. The highest BCUT2D eigenvalue weighted by Gasteiger charge is 2.16. The first kappa shape index (κ1) is 58.6. The molecule has 1 aromatic rings. The van der Waals surface area contributed by atoms with Crippen LogP contribution in [-0.2, 0) is 26.1 Å². The van der Waals surface area contributed by atoms with Gasteiger partial charge >= 0.3 is 11.9 Å². The predicted molar refractivity (Wildman–Crippen MR) is 264 cm³/mol. The van der Waals surface area contributed by atoms with Gasteiger partial charge in [0.1, 0.15) is 6.10 Å². The third kappa shape index (κ3) is 37.5. The van der Waals surface area contributed by atoms with Crippen LogP contribution in [0.2, 0.25) is 0 Å². The van der Waals surface area contributed by atoms with Crippen LogP contribution >= 0.6 is 0 Å². The maximum Gasteiger partial charge on any atom is 0.306 e. The van der Waals surface area contributed by atoms with Gasteiger partial charge in [-0.1, -0.05) is 162 Å². The molecule has 0 radical (unpaired) electrons. The van der Waals surface area contributed by atoms with Gasteiger partial charge in [0, 0.05) is 45.4 Å². The number of carbonyl (C=O) groups is 3. The minimum absolute atomic E-state index is 0.0113. The fraction of sp³-hybridized carbons (Fsp3) is 0.870. The third-order valence-electron chi connectivity index (χ3n) is 12.6. The number of unbranched alkanes of at least 4 members (excludes halogenated alkanes) is 25. The molecule has 1 atom stereocenters. The minimum atomic E-state index is -0.414. The molecular weight excluding hydrogens is 787 g/mol. The molecule has 0 spiro atoms. The van der Waals surface area contributed by atoms with Gasteiger partial charge in [-0.25, -0.2) is 0 Å². The number of aromatic nitrogens is 1. The van der Waals surface area contributed by atoms with E-state index in [0.717, 1.165) is 116 Å². The molecule has 0 aromatic carbocycles. The molecule has 9 nitrogen and oxygen atoms in total. The van der Waals surface area contributed by atoms with Crippen LogP contribution in [0.1, 0.15) is 262 Å². The molecule has 1 heterocycles. The second-order valence-electron chi connectivity index (χ2n) is 18.9. The summed E-state index contributed by atoms with van der Waals surface area (Å²) in [5.74, 6) is -0.139. The number of hydrogen-bond donors (Lipinski definition) is 2. The molecule has 9 heteroatoms. The van der Waals surface area contributed by atoms with Gasteiger partial charge in [0.25, 0.3) is 5.91 Å². The van der Waals surface area contributed by atoms with E-state index < -0.39 is 6.10 Å². The summed E-state index contributed by atoms with van der Waals surface area (Å²) >= 11 is 0. The number of aliphatic hydroxyl groups is 1. The summed E-state index contributed by atoms with van der Waals surface area (Å²) in [4.78, 5) is 40.0. The Kier molecular flexibility index (Phi) is 40.5. The number of esters is 2. The Morgan fingerprint density at radius 3 is 1.59 bits per heavy atom. The Balaban J connectivity index is 2.41. The van der Waals surface area contributed by atoms with Gasteiger partial charge in [-0.2, -0.15) is 0 Å². The number of aryl methyl sites for hydroxylation is 1. The molecule has 0 saturated carbocycles. The number of nitrogens with one attached hydrogen (secondary N) is 1. The number of ether oxygens (including phenoxy) is 2. The largest absolute Gasteiger partial charge is 0.466 e. The molecule has 0 aliphatic rings. The monoisotopic (exact) mass is 888 g/mol. The van der Waals surface area contributed by atoms with Crippen molar-refractivity contribution in [2.75, 3.05) is 32.8 Å². The van der Waals surface area contributed by atoms with E-state index in [1.807, 2.05) is 30.1 Å². The van der Waals surface area contributed by atoms with Crippen molar-refractivity contribution in [3.05, 3.63) is 24.0 Å². The van der Waals surface area contributed by atoms with Crippen LogP contribution in [-0.4, -0.2) is 77.4 Å². The zero-order chi connectivity index (χ0) is 45.9. The molecule has 1 rings (SSSR count). The Morgan fingerprint density at radius 2 is 1.05 bits per heavy atom. The first-order chi connectivity index (χ1) is 30.8. The predicted octanol–water partition coefficient (Wildman–Crippen LogP) is 14.0. The first-order valence-electron chi connectivity index (χ1n) is 26.9. The van der Waals surface area contributed by atoms with Crippen LogP contribution in [0.5, 0.6) is 0 Å². The highest BCUT2D eigenvalue weighted by Crippen LogP contribution is 2.19. The molecular formula is C54H101N3O6. The van der Waals surface area contributed by atoms with E-state index in [-0.39, 0.29) is 23.9 Å². The van der Waals surface area contributed by atoms with Crippen LogP contribution < -0.4 is 5.32 Å². The molecule has 368 valence electrons. The molecule has 0 aliphatic carbocycles. The van der Waals surface area contributed by atoms with E-state index in [9.17, 15) is 19.5 Å². The van der Waals surface area contributed by atoms with Crippen molar-refractivity contribution < 1.29 is 29.0 Å². The van der Waals surface area contributed by atoms with E-state index in [0.29, 0.717) is 44.5 Å². The average Bonchev–Trinajstić information content (AvgIpc) is 3.71. The van der Waals surface area contributed by atoms with E-state index >= 15 is 0 Å². The Bertz CT molecular complexity index is 1170. The quantitative estimate of drug-likeness (QED) is 0.0495. The molecule has 0 aliphatic heterocycles. The van der Waals surface area contributed by atoms with Gasteiger partial charge in [0.15, 0.2) is 0 Å². The highest BCUT2D eigenvalue weighted by atomic mass is 16.5. The second kappa shape index (κ2) is 43.5. The highest BCUT2D eigenvalue weighted by molar-refractivity contribution is 5.93. The molecule has 1 amide bonds. The van der Waals surface area contributed by atoms with Crippen molar-refractivity contribution in [2.45, 2.75) is 264 Å². The van der Waals surface area contributed by atoms with Crippen molar-refractivity contribution in [2.24, 2.45) is 7.05 Å². The van der Waals surface area contributed by atoms with Crippen molar-refractivity contribution in [1.29, 1.82) is 0 Å². The number of rotatable bonds is 47. The standard InChI is InChI=1S/C54H101N3O6/c1-5-8-11-14-17-18-19-25-35-46-62-52(59)39-30-26-34-44-57(48-50(58)36-31-32-42-55-54(61)49-41-45-56(4)47-49)43-33-24-20-23-29-40-53(60)63-51(37-27-21-15-12-9-6-2)38-28-22-16-13-10-7-3/h41,45,47,50-51,58H,5-40,42-44,46,48H2,1-4H3,(H,55,61). The first-order valence-corrected chi connectivity index (χ1v) is 26.9. The summed E-state index contributed by atoms with van der Waals surface area (Å²) < 4.78 is 13.5. The SMILES string of the molecule is CCCCCCCCCCCOC(=O)CCCCCN(CCCCCCCC(=O)OC(CCCCCCCC)CCCCCCCC)CC(O)CCCCNC(=O)c1ccn(C)c1. The van der Waals surface area contributed by atoms with E-state index in [2.05, 4.69) is 31.0 Å². The summed E-state index contributed by atoms with van der Waals surface area (Å²) in [5.41, 5.74) is 0.669. The normalized spacial score (nSPS) is 12.0. The lowest BCUT2D eigenvalue weighted by atomic mass is 10.0. The maximum absolute atomic E-state index is 12.9. The Labute approximate surface area is 388 Å². The van der Waals surface area contributed by atoms with Crippen LogP contribution in [0.15, 0.2) is 18.5 Å². The summed E-state index contributed by atoms with van der Waals surface area (Å²) in [7, 11) is 1.91. The molecule has 1 unspecified atom stereocenters. The molecule has 2 N–H and O–H groups in total. The minimum Gasteiger partial charge on any atom is -0.466 e. The third-order valence-corrected chi connectivity index (χ3v) is 12.6. The lowest BCUT2D eigenvalue weighted by molar-refractivity contribution is -0.150. The average molecular weight is 888 g/mol. The number of amides is 1. The smallest absolute Gasteiger partial charge is 0.306 e. The molecule has 0 bridgehead atoms. The number of hydrogen-bond acceptors (Lipinski definition) is 7. The van der Waals surface area contributed by atoms with Crippen LogP contribution in [0.3, 0.4) is 0 Å². The lowest BCUT2D eigenvalue weighted by Crippen LogP contribution is -2.34. The number of carbonyl (C=O) groups excluding carboxylic acids is 3. The van der Waals surface area contributed by atoms with E-state index in [1.165, 1.54) is 109 Å². The molecule has 1 aromatic heterocycles. The Hall–Kier alpha value is -2.39. The Morgan fingerprint density at radius 1 is 0.587 bits per heavy atom. The fourth-order valence-corrected chi connectivity index (χ4v) is 8.53. The van der Waals surface area contributed by atoms with Crippen molar-refractivity contribution in [3.8, 4) is 0 Å². The van der Waals surface area contributed by atoms with E-state index in [4.69, 9.17) is 9.47 Å². The zero-order valence-electron chi connectivity index (χ0n) is 41.8. The second-order valence-corrected chi connectivity index (χ2v) is 18.9.